The summed E-state index contributed by atoms with van der Waals surface area (Å²) in [6, 6.07) is 5.42. The second-order valence-corrected chi connectivity index (χ2v) is 4.14. The maximum Gasteiger partial charge on any atom is 0.364 e. The van der Waals surface area contributed by atoms with Crippen molar-refractivity contribution in [2.45, 2.75) is 6.92 Å². The van der Waals surface area contributed by atoms with E-state index in [4.69, 9.17) is 0 Å². The van der Waals surface area contributed by atoms with Crippen molar-refractivity contribution >= 4 is 17.6 Å². The van der Waals surface area contributed by atoms with Gasteiger partial charge in [-0.3, -0.25) is 19.9 Å². The molecule has 8 nitrogen and oxygen atoms in total. The Kier molecular flexibility index (Phi) is 3.98. The van der Waals surface area contributed by atoms with Gasteiger partial charge in [0.2, 0.25) is 0 Å². The first-order chi connectivity index (χ1) is 9.97. The molecule has 1 N–H and O–H groups in total. The number of nitrogens with zero attached hydrogens (tertiary/aromatic N) is 3. The number of hydrogen-bond acceptors (Lipinski definition) is 6. The first kappa shape index (κ1) is 14.3. The fraction of sp³-hybridized carbons (Fsp3) is 0.0769. The molecule has 2 rings (SSSR count). The highest BCUT2D eigenvalue weighted by Gasteiger charge is 2.18. The van der Waals surface area contributed by atoms with Crippen molar-refractivity contribution in [1.82, 2.24) is 15.3 Å². The molecule has 0 aliphatic rings. The highest BCUT2D eigenvalue weighted by molar-refractivity contribution is 6.10. The van der Waals surface area contributed by atoms with Crippen LogP contribution in [-0.2, 0) is 0 Å². The fourth-order valence-electron chi connectivity index (χ4n) is 1.62. The molecule has 8 heteroatoms. The molecule has 2 aromatic heterocycles. The summed E-state index contributed by atoms with van der Waals surface area (Å²) in [5.41, 5.74) is 0.515. The molecule has 0 radical (unpaired) electrons. The van der Waals surface area contributed by atoms with E-state index in [9.17, 15) is 19.7 Å². The maximum absolute atomic E-state index is 12.0. The topological polar surface area (TPSA) is 115 Å². The quantitative estimate of drug-likeness (QED) is 0.516. The number of pyridine rings is 2. The predicted octanol–water partition coefficient (Wildman–Crippen LogP) is 1.26. The molecule has 0 aliphatic heterocycles. The first-order valence-corrected chi connectivity index (χ1v) is 5.86. The van der Waals surface area contributed by atoms with Crippen LogP contribution in [0.2, 0.25) is 0 Å². The standard InChI is InChI=1S/C13H10N4O4/c1-8-5-10(6-11(15-8)17(20)21)13(19)16-12(18)9-3-2-4-14-7-9/h2-7H,1H3,(H,16,18,19). The van der Waals surface area contributed by atoms with Gasteiger partial charge in [-0.2, -0.15) is 0 Å². The van der Waals surface area contributed by atoms with E-state index >= 15 is 0 Å². The molecular formula is C13H10N4O4. The lowest BCUT2D eigenvalue weighted by atomic mass is 10.2. The Balaban J connectivity index is 2.21. The molecule has 0 spiro atoms. The van der Waals surface area contributed by atoms with E-state index in [1.165, 1.54) is 31.5 Å². The number of amides is 2. The summed E-state index contributed by atoms with van der Waals surface area (Å²) < 4.78 is 0. The number of aryl methyl sites for hydroxylation is 1. The van der Waals surface area contributed by atoms with Crippen molar-refractivity contribution < 1.29 is 14.5 Å². The Morgan fingerprint density at radius 3 is 2.57 bits per heavy atom. The second-order valence-electron chi connectivity index (χ2n) is 4.14. The fourth-order valence-corrected chi connectivity index (χ4v) is 1.62. The van der Waals surface area contributed by atoms with Crippen LogP contribution in [-0.4, -0.2) is 26.7 Å². The Morgan fingerprint density at radius 1 is 1.24 bits per heavy atom. The summed E-state index contributed by atoms with van der Waals surface area (Å²) in [4.78, 5) is 41.2. The number of imide groups is 1. The number of nitrogens with one attached hydrogen (secondary N) is 1. The van der Waals surface area contributed by atoms with Crippen molar-refractivity contribution in [2.75, 3.05) is 0 Å². The number of carbonyl (C=O) groups is 2. The zero-order valence-electron chi connectivity index (χ0n) is 10.9. The summed E-state index contributed by atoms with van der Waals surface area (Å²) in [5.74, 6) is -1.82. The minimum Gasteiger partial charge on any atom is -0.358 e. The Morgan fingerprint density at radius 2 is 1.95 bits per heavy atom. The average molecular weight is 286 g/mol. The van der Waals surface area contributed by atoms with Crippen LogP contribution in [0.15, 0.2) is 36.7 Å². The van der Waals surface area contributed by atoms with E-state index in [0.717, 1.165) is 6.07 Å². The van der Waals surface area contributed by atoms with Crippen molar-refractivity contribution in [3.05, 3.63) is 63.6 Å². The van der Waals surface area contributed by atoms with Gasteiger partial charge in [0.1, 0.15) is 0 Å². The van der Waals surface area contributed by atoms with Crippen LogP contribution in [0.5, 0.6) is 0 Å². The molecular weight excluding hydrogens is 276 g/mol. The highest BCUT2D eigenvalue weighted by atomic mass is 16.6. The molecule has 2 amide bonds. The number of carbonyl (C=O) groups excluding carboxylic acids is 2. The second kappa shape index (κ2) is 5.87. The van der Waals surface area contributed by atoms with Crippen LogP contribution in [0.1, 0.15) is 26.4 Å². The van der Waals surface area contributed by atoms with Gasteiger partial charge in [-0.15, -0.1) is 0 Å². The Labute approximate surface area is 119 Å². The lowest BCUT2D eigenvalue weighted by Gasteiger charge is -2.04. The van der Waals surface area contributed by atoms with Crippen LogP contribution in [0.25, 0.3) is 0 Å². The third-order valence-electron chi connectivity index (χ3n) is 2.54. The minimum atomic E-state index is -0.738. The van der Waals surface area contributed by atoms with E-state index in [0.29, 0.717) is 5.69 Å². The van der Waals surface area contributed by atoms with Crippen LogP contribution in [0.3, 0.4) is 0 Å². The Hall–Kier alpha value is -3.16. The molecule has 2 heterocycles. The van der Waals surface area contributed by atoms with Crippen molar-refractivity contribution in [2.24, 2.45) is 0 Å². The van der Waals surface area contributed by atoms with E-state index in [2.05, 4.69) is 15.3 Å². The molecule has 0 fully saturated rings. The van der Waals surface area contributed by atoms with Crippen molar-refractivity contribution in [3.8, 4) is 0 Å². The average Bonchev–Trinajstić information content (AvgIpc) is 2.47. The minimum absolute atomic E-state index is 0.00793. The van der Waals surface area contributed by atoms with E-state index in [-0.39, 0.29) is 11.1 Å². The van der Waals surface area contributed by atoms with Crippen LogP contribution < -0.4 is 5.32 Å². The lowest BCUT2D eigenvalue weighted by molar-refractivity contribution is -0.389. The number of rotatable bonds is 3. The zero-order valence-corrected chi connectivity index (χ0v) is 10.9. The van der Waals surface area contributed by atoms with Gasteiger partial charge in [-0.05, 0) is 28.1 Å². The molecule has 2 aromatic rings. The van der Waals surface area contributed by atoms with E-state index in [1.807, 2.05) is 0 Å². The predicted molar refractivity (Wildman–Crippen MR) is 71.7 cm³/mol. The summed E-state index contributed by atoms with van der Waals surface area (Å²) >= 11 is 0. The molecule has 21 heavy (non-hydrogen) atoms. The number of aromatic nitrogens is 2. The van der Waals surface area contributed by atoms with Gasteiger partial charge < -0.3 is 10.1 Å². The third-order valence-corrected chi connectivity index (χ3v) is 2.54. The molecule has 0 atom stereocenters. The van der Waals surface area contributed by atoms with Gasteiger partial charge >= 0.3 is 5.82 Å². The van der Waals surface area contributed by atoms with Crippen molar-refractivity contribution in [3.63, 3.8) is 0 Å². The molecule has 0 saturated heterocycles. The van der Waals surface area contributed by atoms with Gasteiger partial charge in [0.05, 0.1) is 11.1 Å². The summed E-state index contributed by atoms with van der Waals surface area (Å²) in [6.07, 6.45) is 2.80. The molecule has 0 aromatic carbocycles. The lowest BCUT2D eigenvalue weighted by Crippen LogP contribution is -2.30. The van der Waals surface area contributed by atoms with Gasteiger partial charge in [0.25, 0.3) is 11.8 Å². The molecule has 106 valence electrons. The largest absolute Gasteiger partial charge is 0.364 e. The monoisotopic (exact) mass is 286 g/mol. The number of hydrogen-bond donors (Lipinski definition) is 1. The molecule has 0 unspecified atom stereocenters. The first-order valence-electron chi connectivity index (χ1n) is 5.86. The van der Waals surface area contributed by atoms with Crippen LogP contribution in [0.4, 0.5) is 5.82 Å². The van der Waals surface area contributed by atoms with Crippen LogP contribution >= 0.6 is 0 Å². The summed E-state index contributed by atoms with van der Waals surface area (Å²) in [6.45, 7) is 1.52. The van der Waals surface area contributed by atoms with Crippen molar-refractivity contribution in [1.29, 1.82) is 0 Å². The third kappa shape index (κ3) is 3.44. The molecule has 0 aliphatic carbocycles. The van der Waals surface area contributed by atoms with E-state index in [1.54, 1.807) is 6.07 Å². The van der Waals surface area contributed by atoms with E-state index < -0.39 is 22.6 Å². The molecule has 0 saturated carbocycles. The van der Waals surface area contributed by atoms with Gasteiger partial charge in [-0.1, -0.05) is 0 Å². The normalized spacial score (nSPS) is 9.95. The zero-order chi connectivity index (χ0) is 15.4. The van der Waals surface area contributed by atoms with Gasteiger partial charge in [0, 0.05) is 25.4 Å². The Bertz CT molecular complexity index is 715. The smallest absolute Gasteiger partial charge is 0.358 e. The molecule has 0 bridgehead atoms. The summed E-state index contributed by atoms with van der Waals surface area (Å²) in [7, 11) is 0. The van der Waals surface area contributed by atoms with Gasteiger partial charge in [-0.25, -0.2) is 0 Å². The maximum atomic E-state index is 12.0. The SMILES string of the molecule is Cc1cc(C(=O)NC(=O)c2cccnc2)cc([N+](=O)[O-])n1. The number of nitro groups is 1. The summed E-state index contributed by atoms with van der Waals surface area (Å²) in [5, 5.41) is 12.8. The van der Waals surface area contributed by atoms with Gasteiger partial charge in [0.15, 0.2) is 5.69 Å². The van der Waals surface area contributed by atoms with Crippen LogP contribution in [0, 0.1) is 17.0 Å². The highest BCUT2D eigenvalue weighted by Crippen LogP contribution is 2.12.